The maximum Gasteiger partial charge on any atom is 0.200 e. The zero-order valence-electron chi connectivity index (χ0n) is 9.25. The van der Waals surface area contributed by atoms with Crippen LogP contribution in [0.5, 0.6) is 5.75 Å². The van der Waals surface area contributed by atoms with E-state index in [0.29, 0.717) is 12.5 Å². The molecule has 0 radical (unpaired) electrons. The van der Waals surface area contributed by atoms with Gasteiger partial charge in [-0.2, -0.15) is 17.0 Å². The van der Waals surface area contributed by atoms with Crippen molar-refractivity contribution in [2.75, 3.05) is 12.4 Å². The number of halogens is 2. The summed E-state index contributed by atoms with van der Waals surface area (Å²) < 4.78 is 31.2. The van der Waals surface area contributed by atoms with E-state index in [1.165, 1.54) is 12.1 Å². The molecule has 0 aliphatic rings. The summed E-state index contributed by atoms with van der Waals surface area (Å²) in [5.41, 5.74) is 0. The van der Waals surface area contributed by atoms with Gasteiger partial charge >= 0.3 is 0 Å². The minimum absolute atomic E-state index is 0.0157. The second kappa shape index (κ2) is 6.74. The molecule has 0 saturated carbocycles. The number of thiol groups is 1. The molecule has 1 unspecified atom stereocenters. The third-order valence-electron chi connectivity index (χ3n) is 2.41. The first-order chi connectivity index (χ1) is 7.65. The first-order valence-corrected chi connectivity index (χ1v) is 5.96. The van der Waals surface area contributed by atoms with Crippen molar-refractivity contribution in [1.82, 2.24) is 0 Å². The number of ether oxygens (including phenoxy) is 1. The Morgan fingerprint density at radius 2 is 2.06 bits per heavy atom. The quantitative estimate of drug-likeness (QED) is 0.753. The molecule has 0 saturated heterocycles. The summed E-state index contributed by atoms with van der Waals surface area (Å²) in [5.74, 6) is -0.493. The van der Waals surface area contributed by atoms with Crippen LogP contribution in [-0.4, -0.2) is 12.4 Å². The number of rotatable bonds is 6. The molecule has 4 heteroatoms. The maximum absolute atomic E-state index is 13.2. The molecule has 0 amide bonds. The molecular weight excluding hydrogens is 230 g/mol. The highest BCUT2D eigenvalue weighted by Gasteiger charge is 2.09. The van der Waals surface area contributed by atoms with Gasteiger partial charge in [-0.25, -0.2) is 4.39 Å². The van der Waals surface area contributed by atoms with Gasteiger partial charge in [-0.1, -0.05) is 13.0 Å². The largest absolute Gasteiger partial charge is 0.490 e. The molecule has 1 aromatic rings. The van der Waals surface area contributed by atoms with Crippen LogP contribution in [0.3, 0.4) is 0 Å². The SMILES string of the molecule is CC(CCS)CCOc1cccc(F)c1F. The van der Waals surface area contributed by atoms with Gasteiger partial charge in [-0.3, -0.25) is 0 Å². The smallest absolute Gasteiger partial charge is 0.200 e. The molecular formula is C12H16F2OS. The van der Waals surface area contributed by atoms with Crippen molar-refractivity contribution in [2.45, 2.75) is 19.8 Å². The summed E-state index contributed by atoms with van der Waals surface area (Å²) in [6, 6.07) is 3.94. The van der Waals surface area contributed by atoms with E-state index in [4.69, 9.17) is 4.74 Å². The highest BCUT2D eigenvalue weighted by Crippen LogP contribution is 2.20. The fraction of sp³-hybridized carbons (Fsp3) is 0.500. The minimum Gasteiger partial charge on any atom is -0.490 e. The zero-order valence-corrected chi connectivity index (χ0v) is 10.1. The summed E-state index contributed by atoms with van der Waals surface area (Å²) in [5, 5.41) is 0. The van der Waals surface area contributed by atoms with Crippen LogP contribution in [0.1, 0.15) is 19.8 Å². The van der Waals surface area contributed by atoms with E-state index in [-0.39, 0.29) is 5.75 Å². The predicted octanol–water partition coefficient (Wildman–Crippen LogP) is 3.69. The molecule has 1 nitrogen and oxygen atoms in total. The van der Waals surface area contributed by atoms with E-state index in [2.05, 4.69) is 19.6 Å². The third-order valence-corrected chi connectivity index (χ3v) is 2.66. The van der Waals surface area contributed by atoms with E-state index >= 15 is 0 Å². The van der Waals surface area contributed by atoms with Crippen LogP contribution >= 0.6 is 12.6 Å². The molecule has 0 spiro atoms. The first kappa shape index (κ1) is 13.3. The fourth-order valence-corrected chi connectivity index (χ4v) is 1.77. The molecule has 0 aliphatic heterocycles. The molecule has 1 atom stereocenters. The zero-order chi connectivity index (χ0) is 12.0. The van der Waals surface area contributed by atoms with E-state index in [1.807, 2.05) is 0 Å². The molecule has 0 heterocycles. The lowest BCUT2D eigenvalue weighted by Gasteiger charge is -2.11. The second-order valence-electron chi connectivity index (χ2n) is 3.81. The first-order valence-electron chi connectivity index (χ1n) is 5.32. The number of benzene rings is 1. The molecule has 90 valence electrons. The maximum atomic E-state index is 13.2. The molecule has 0 N–H and O–H groups in total. The van der Waals surface area contributed by atoms with Gasteiger partial charge in [-0.15, -0.1) is 0 Å². The van der Waals surface area contributed by atoms with Gasteiger partial charge in [0.2, 0.25) is 5.82 Å². The lowest BCUT2D eigenvalue weighted by Crippen LogP contribution is -2.06. The van der Waals surface area contributed by atoms with E-state index in [1.54, 1.807) is 0 Å². The van der Waals surface area contributed by atoms with Gasteiger partial charge in [0.05, 0.1) is 6.61 Å². The van der Waals surface area contributed by atoms with Crippen LogP contribution in [0.2, 0.25) is 0 Å². The lowest BCUT2D eigenvalue weighted by molar-refractivity contribution is 0.266. The van der Waals surface area contributed by atoms with Crippen molar-refractivity contribution in [3.63, 3.8) is 0 Å². The minimum atomic E-state index is -0.913. The standard InChI is InChI=1S/C12H16F2OS/c1-9(6-8-16)5-7-15-11-4-2-3-10(13)12(11)14/h2-4,9,16H,5-8H2,1H3. The van der Waals surface area contributed by atoms with Crippen LogP contribution in [0.25, 0.3) is 0 Å². The summed E-state index contributed by atoms with van der Waals surface area (Å²) in [4.78, 5) is 0. The molecule has 0 aliphatic carbocycles. The van der Waals surface area contributed by atoms with Crippen molar-refractivity contribution in [1.29, 1.82) is 0 Å². The molecule has 16 heavy (non-hydrogen) atoms. The topological polar surface area (TPSA) is 9.23 Å². The lowest BCUT2D eigenvalue weighted by atomic mass is 10.1. The Hall–Kier alpha value is -0.770. The van der Waals surface area contributed by atoms with Gasteiger partial charge in [-0.05, 0) is 36.6 Å². The Bertz CT molecular complexity index is 331. The predicted molar refractivity (Wildman–Crippen MR) is 64.1 cm³/mol. The second-order valence-corrected chi connectivity index (χ2v) is 4.25. The van der Waals surface area contributed by atoms with Crippen molar-refractivity contribution < 1.29 is 13.5 Å². The Balaban J connectivity index is 2.40. The van der Waals surface area contributed by atoms with Gasteiger partial charge in [0, 0.05) is 0 Å². The van der Waals surface area contributed by atoms with Crippen LogP contribution in [0, 0.1) is 17.6 Å². The Morgan fingerprint density at radius 3 is 2.75 bits per heavy atom. The highest BCUT2D eigenvalue weighted by molar-refractivity contribution is 7.80. The van der Waals surface area contributed by atoms with Crippen molar-refractivity contribution in [3.05, 3.63) is 29.8 Å². The highest BCUT2D eigenvalue weighted by atomic mass is 32.1. The average molecular weight is 246 g/mol. The fourth-order valence-electron chi connectivity index (χ4n) is 1.33. The van der Waals surface area contributed by atoms with E-state index in [0.717, 1.165) is 24.7 Å². The summed E-state index contributed by atoms with van der Waals surface area (Å²) >= 11 is 4.13. The molecule has 0 fully saturated rings. The summed E-state index contributed by atoms with van der Waals surface area (Å²) in [7, 11) is 0. The molecule has 0 bridgehead atoms. The number of hydrogen-bond acceptors (Lipinski definition) is 2. The summed E-state index contributed by atoms with van der Waals surface area (Å²) in [6.45, 7) is 2.48. The van der Waals surface area contributed by atoms with Crippen molar-refractivity contribution in [3.8, 4) is 5.75 Å². The Morgan fingerprint density at radius 1 is 1.31 bits per heavy atom. The van der Waals surface area contributed by atoms with Crippen LogP contribution in [-0.2, 0) is 0 Å². The van der Waals surface area contributed by atoms with Gasteiger partial charge in [0.25, 0.3) is 0 Å². The van der Waals surface area contributed by atoms with Crippen LogP contribution in [0.15, 0.2) is 18.2 Å². The van der Waals surface area contributed by atoms with Gasteiger partial charge < -0.3 is 4.74 Å². The van der Waals surface area contributed by atoms with Gasteiger partial charge in [0.1, 0.15) is 0 Å². The summed E-state index contributed by atoms with van der Waals surface area (Å²) in [6.07, 6.45) is 1.81. The Labute approximate surface area is 100 Å². The van der Waals surface area contributed by atoms with Crippen molar-refractivity contribution in [2.24, 2.45) is 5.92 Å². The molecule has 0 aromatic heterocycles. The molecule has 1 aromatic carbocycles. The normalized spacial score (nSPS) is 12.5. The van der Waals surface area contributed by atoms with E-state index in [9.17, 15) is 8.78 Å². The van der Waals surface area contributed by atoms with E-state index < -0.39 is 11.6 Å². The van der Waals surface area contributed by atoms with Crippen LogP contribution in [0.4, 0.5) is 8.78 Å². The Kier molecular flexibility index (Phi) is 5.60. The van der Waals surface area contributed by atoms with Crippen LogP contribution < -0.4 is 4.74 Å². The third kappa shape index (κ3) is 4.00. The monoisotopic (exact) mass is 246 g/mol. The average Bonchev–Trinajstić information content (AvgIpc) is 2.25. The number of hydrogen-bond donors (Lipinski definition) is 1. The van der Waals surface area contributed by atoms with Gasteiger partial charge in [0.15, 0.2) is 11.6 Å². The molecule has 1 rings (SSSR count). The van der Waals surface area contributed by atoms with Crippen molar-refractivity contribution >= 4 is 12.6 Å².